The van der Waals surface area contributed by atoms with E-state index in [4.69, 9.17) is 4.74 Å². The van der Waals surface area contributed by atoms with Crippen LogP contribution < -0.4 is 5.32 Å². The van der Waals surface area contributed by atoms with E-state index >= 15 is 0 Å². The van der Waals surface area contributed by atoms with E-state index in [1.54, 1.807) is 47.8 Å². The summed E-state index contributed by atoms with van der Waals surface area (Å²) in [5.74, 6) is -1.80. The number of benzene rings is 2. The monoisotopic (exact) mass is 411 g/mol. The number of rotatable bonds is 8. The van der Waals surface area contributed by atoms with Gasteiger partial charge in [0.2, 0.25) is 6.10 Å². The summed E-state index contributed by atoms with van der Waals surface area (Å²) in [7, 11) is 0. The van der Waals surface area contributed by atoms with Crippen molar-refractivity contribution in [3.63, 3.8) is 0 Å². The fourth-order valence-corrected chi connectivity index (χ4v) is 3.30. The Balaban J connectivity index is 1.66. The quantitative estimate of drug-likeness (QED) is 0.428. The summed E-state index contributed by atoms with van der Waals surface area (Å²) in [6.07, 6.45) is -1.32. The molecular formula is C22H18FNO4S. The number of anilines is 1. The highest BCUT2D eigenvalue weighted by Gasteiger charge is 2.25. The zero-order chi connectivity index (χ0) is 20.6. The van der Waals surface area contributed by atoms with Crippen LogP contribution in [-0.2, 0) is 14.3 Å². The molecule has 3 rings (SSSR count). The van der Waals surface area contributed by atoms with Gasteiger partial charge in [0.1, 0.15) is 5.82 Å². The lowest BCUT2D eigenvalue weighted by molar-refractivity contribution is -0.154. The molecule has 0 radical (unpaired) electrons. The number of thiophene rings is 1. The fraction of sp³-hybridized carbons (Fsp3) is 0.136. The van der Waals surface area contributed by atoms with Crippen LogP contribution in [-0.4, -0.2) is 17.7 Å². The standard InChI is InChI=1S/C22H18FNO4S/c23-16-8-10-17(11-9-16)24-22(27)21(15-5-2-1-3-6-15)28-20(26)13-12-18(25)19-7-4-14-29-19/h1-11,14,21H,12-13H2,(H,24,27). The van der Waals surface area contributed by atoms with Crippen molar-refractivity contribution >= 4 is 34.7 Å². The first-order chi connectivity index (χ1) is 14.0. The summed E-state index contributed by atoms with van der Waals surface area (Å²) in [6.45, 7) is 0. The first-order valence-electron chi connectivity index (χ1n) is 8.90. The minimum absolute atomic E-state index is 0.000434. The van der Waals surface area contributed by atoms with Gasteiger partial charge < -0.3 is 10.1 Å². The first kappa shape index (κ1) is 20.4. The summed E-state index contributed by atoms with van der Waals surface area (Å²) in [4.78, 5) is 37.6. The summed E-state index contributed by atoms with van der Waals surface area (Å²) >= 11 is 1.31. The van der Waals surface area contributed by atoms with Crippen molar-refractivity contribution in [1.82, 2.24) is 0 Å². The molecule has 5 nitrogen and oxygen atoms in total. The van der Waals surface area contributed by atoms with E-state index in [9.17, 15) is 18.8 Å². The van der Waals surface area contributed by atoms with Crippen LogP contribution in [0.3, 0.4) is 0 Å². The highest BCUT2D eigenvalue weighted by Crippen LogP contribution is 2.22. The van der Waals surface area contributed by atoms with Gasteiger partial charge in [-0.15, -0.1) is 11.3 Å². The molecule has 1 heterocycles. The molecule has 148 valence electrons. The second-order valence-electron chi connectivity index (χ2n) is 6.18. The molecule has 3 aromatic rings. The van der Waals surface area contributed by atoms with Gasteiger partial charge in [0.05, 0.1) is 11.3 Å². The lowest BCUT2D eigenvalue weighted by Crippen LogP contribution is -2.26. The number of carbonyl (C=O) groups excluding carboxylic acids is 3. The maximum absolute atomic E-state index is 13.1. The maximum atomic E-state index is 13.1. The van der Waals surface area contributed by atoms with E-state index < -0.39 is 23.8 Å². The highest BCUT2D eigenvalue weighted by molar-refractivity contribution is 7.12. The Morgan fingerprint density at radius 3 is 2.31 bits per heavy atom. The van der Waals surface area contributed by atoms with Crippen molar-refractivity contribution in [3.8, 4) is 0 Å². The Morgan fingerprint density at radius 1 is 0.931 bits per heavy atom. The number of Topliss-reactive ketones (excluding diaryl/α,β-unsaturated/α-hetero) is 1. The van der Waals surface area contributed by atoms with Crippen LogP contribution in [0.2, 0.25) is 0 Å². The third-order valence-corrected chi connectivity index (χ3v) is 4.96. The molecule has 1 aromatic heterocycles. The van der Waals surface area contributed by atoms with E-state index in [1.165, 1.54) is 35.6 Å². The van der Waals surface area contributed by atoms with E-state index in [1.807, 2.05) is 0 Å². The molecule has 0 spiro atoms. The van der Waals surface area contributed by atoms with Crippen molar-refractivity contribution in [1.29, 1.82) is 0 Å². The molecular weight excluding hydrogens is 393 g/mol. The number of hydrogen-bond donors (Lipinski definition) is 1. The Bertz CT molecular complexity index is 972. The molecule has 0 aliphatic rings. The van der Waals surface area contributed by atoms with E-state index in [0.717, 1.165) is 0 Å². The van der Waals surface area contributed by atoms with Crippen molar-refractivity contribution in [2.45, 2.75) is 18.9 Å². The van der Waals surface area contributed by atoms with E-state index in [2.05, 4.69) is 5.32 Å². The summed E-state index contributed by atoms with van der Waals surface area (Å²) in [5.41, 5.74) is 0.867. The molecule has 0 aliphatic carbocycles. The molecule has 0 bridgehead atoms. The zero-order valence-corrected chi connectivity index (χ0v) is 16.2. The van der Waals surface area contributed by atoms with Gasteiger partial charge in [-0.3, -0.25) is 14.4 Å². The number of carbonyl (C=O) groups is 3. The number of halogens is 1. The predicted octanol–water partition coefficient (Wildman–Crippen LogP) is 4.77. The van der Waals surface area contributed by atoms with Crippen molar-refractivity contribution < 1.29 is 23.5 Å². The smallest absolute Gasteiger partial charge is 0.307 e. The summed E-state index contributed by atoms with van der Waals surface area (Å²) in [5, 5.41) is 4.40. The predicted molar refractivity (Wildman–Crippen MR) is 108 cm³/mol. The van der Waals surface area contributed by atoms with Crippen molar-refractivity contribution in [2.75, 3.05) is 5.32 Å². The van der Waals surface area contributed by atoms with E-state index in [-0.39, 0.29) is 18.6 Å². The molecule has 0 fully saturated rings. The summed E-state index contributed by atoms with van der Waals surface area (Å²) < 4.78 is 18.5. The van der Waals surface area contributed by atoms with Crippen LogP contribution in [0.15, 0.2) is 72.1 Å². The van der Waals surface area contributed by atoms with Gasteiger partial charge in [-0.25, -0.2) is 4.39 Å². The van der Waals surface area contributed by atoms with Gasteiger partial charge >= 0.3 is 5.97 Å². The normalized spacial score (nSPS) is 11.5. The first-order valence-corrected chi connectivity index (χ1v) is 9.78. The molecule has 0 aliphatic heterocycles. The average molecular weight is 411 g/mol. The highest BCUT2D eigenvalue weighted by atomic mass is 32.1. The fourth-order valence-electron chi connectivity index (χ4n) is 2.61. The Morgan fingerprint density at radius 2 is 1.66 bits per heavy atom. The number of esters is 1. The molecule has 1 N–H and O–H groups in total. The van der Waals surface area contributed by atoms with Crippen LogP contribution in [0.4, 0.5) is 10.1 Å². The number of ether oxygens (including phenoxy) is 1. The number of hydrogen-bond acceptors (Lipinski definition) is 5. The molecule has 7 heteroatoms. The third-order valence-electron chi connectivity index (χ3n) is 4.05. The molecule has 1 atom stereocenters. The van der Waals surface area contributed by atoms with Crippen LogP contribution in [0.5, 0.6) is 0 Å². The van der Waals surface area contributed by atoms with Crippen LogP contribution in [0.25, 0.3) is 0 Å². The van der Waals surface area contributed by atoms with Gasteiger partial charge in [0, 0.05) is 17.7 Å². The Kier molecular flexibility index (Phi) is 6.86. The average Bonchev–Trinajstić information content (AvgIpc) is 3.27. The number of amides is 1. The van der Waals surface area contributed by atoms with Gasteiger partial charge in [-0.2, -0.15) is 0 Å². The lowest BCUT2D eigenvalue weighted by atomic mass is 10.1. The molecule has 0 saturated heterocycles. The molecule has 1 unspecified atom stereocenters. The largest absolute Gasteiger partial charge is 0.447 e. The van der Waals surface area contributed by atoms with Crippen LogP contribution >= 0.6 is 11.3 Å². The maximum Gasteiger partial charge on any atom is 0.307 e. The molecule has 29 heavy (non-hydrogen) atoms. The molecule has 0 saturated carbocycles. The van der Waals surface area contributed by atoms with E-state index in [0.29, 0.717) is 16.1 Å². The van der Waals surface area contributed by atoms with Crippen molar-refractivity contribution in [2.24, 2.45) is 0 Å². The van der Waals surface area contributed by atoms with Crippen molar-refractivity contribution in [3.05, 3.63) is 88.4 Å². The molecule has 2 aromatic carbocycles. The third kappa shape index (κ3) is 5.83. The number of nitrogens with one attached hydrogen (secondary N) is 1. The van der Waals surface area contributed by atoms with Gasteiger partial charge in [-0.05, 0) is 35.7 Å². The minimum atomic E-state index is -1.19. The Hall–Kier alpha value is -3.32. The van der Waals surface area contributed by atoms with Crippen LogP contribution in [0.1, 0.15) is 34.2 Å². The second kappa shape index (κ2) is 9.75. The van der Waals surface area contributed by atoms with Crippen LogP contribution in [0, 0.1) is 5.82 Å². The SMILES string of the molecule is O=C(CCC(=O)c1cccs1)OC(C(=O)Nc1ccc(F)cc1)c1ccccc1. The topological polar surface area (TPSA) is 72.5 Å². The number of ketones is 1. The van der Waals surface area contributed by atoms with Gasteiger partial charge in [0.25, 0.3) is 5.91 Å². The Labute approximate surface area is 171 Å². The molecule has 1 amide bonds. The summed E-state index contributed by atoms with van der Waals surface area (Å²) in [6, 6.07) is 17.3. The zero-order valence-electron chi connectivity index (χ0n) is 15.3. The van der Waals surface area contributed by atoms with Gasteiger partial charge in [0.15, 0.2) is 5.78 Å². The van der Waals surface area contributed by atoms with Gasteiger partial charge in [-0.1, -0.05) is 36.4 Å². The minimum Gasteiger partial charge on any atom is -0.447 e. The lowest BCUT2D eigenvalue weighted by Gasteiger charge is -2.18. The second-order valence-corrected chi connectivity index (χ2v) is 7.12.